The number of carbonyl (C=O) groups is 1. The summed E-state index contributed by atoms with van der Waals surface area (Å²) in [5.74, 6) is 0.181. The maximum Gasteiger partial charge on any atom is 0.266 e. The summed E-state index contributed by atoms with van der Waals surface area (Å²) in [5.41, 5.74) is 14.1. The van der Waals surface area contributed by atoms with E-state index in [1.165, 1.54) is 24.3 Å². The number of rotatable bonds is 8. The van der Waals surface area contributed by atoms with Gasteiger partial charge in [0, 0.05) is 17.9 Å². The number of hydrogen-bond acceptors (Lipinski definition) is 6. The highest BCUT2D eigenvalue weighted by Gasteiger charge is 2.29. The summed E-state index contributed by atoms with van der Waals surface area (Å²) in [6.07, 6.45) is 0.268. The molecule has 4 aromatic carbocycles. The van der Waals surface area contributed by atoms with E-state index in [2.05, 4.69) is 0 Å². The van der Waals surface area contributed by atoms with Gasteiger partial charge in [0.25, 0.3) is 10.0 Å². The first-order chi connectivity index (χ1) is 16.8. The molecule has 0 saturated carbocycles. The number of nitrogens with zero attached hydrogens (tertiary/aromatic N) is 1. The van der Waals surface area contributed by atoms with Crippen LogP contribution < -0.4 is 16.2 Å². The molecule has 4 aromatic rings. The molecule has 35 heavy (non-hydrogen) atoms. The summed E-state index contributed by atoms with van der Waals surface area (Å²) in [6, 6.07) is 24.2. The van der Waals surface area contributed by atoms with E-state index >= 15 is 0 Å². The molecule has 180 valence electrons. The molecule has 4 rings (SSSR count). The van der Waals surface area contributed by atoms with Crippen LogP contribution in [-0.2, 0) is 27.7 Å². The third kappa shape index (κ3) is 5.38. The molecule has 0 aromatic heterocycles. The monoisotopic (exact) mass is 489 g/mol. The molecule has 0 aliphatic heterocycles. The zero-order chi connectivity index (χ0) is 25.0. The summed E-state index contributed by atoms with van der Waals surface area (Å²) in [6.45, 7) is -0.0170. The molecule has 0 heterocycles. The fourth-order valence-electron chi connectivity index (χ4n) is 3.93. The quantitative estimate of drug-likeness (QED) is 0.361. The van der Waals surface area contributed by atoms with Crippen LogP contribution in [0.1, 0.15) is 11.1 Å². The van der Waals surface area contributed by atoms with Crippen molar-refractivity contribution in [2.75, 3.05) is 25.1 Å². The number of amides is 1. The van der Waals surface area contributed by atoms with Crippen LogP contribution in [0, 0.1) is 0 Å². The predicted octanol–water partition coefficient (Wildman–Crippen LogP) is 4.02. The molecule has 0 unspecified atom stereocenters. The van der Waals surface area contributed by atoms with Gasteiger partial charge in [0.05, 0.1) is 18.4 Å². The Hall–Kier alpha value is -4.04. The minimum atomic E-state index is -4.10. The Morgan fingerprint density at radius 1 is 0.886 bits per heavy atom. The minimum Gasteiger partial charge on any atom is -0.497 e. The second-order valence-electron chi connectivity index (χ2n) is 8.21. The minimum absolute atomic E-state index is 0.0111. The molecule has 0 aliphatic rings. The smallest absolute Gasteiger partial charge is 0.266 e. The Morgan fingerprint density at radius 2 is 1.54 bits per heavy atom. The number of benzene rings is 4. The first kappa shape index (κ1) is 24.1. The number of anilines is 2. The molecule has 7 nitrogen and oxygen atoms in total. The van der Waals surface area contributed by atoms with Gasteiger partial charge in [0.15, 0.2) is 0 Å². The molecule has 0 saturated heterocycles. The summed E-state index contributed by atoms with van der Waals surface area (Å²) >= 11 is 0. The highest BCUT2D eigenvalue weighted by molar-refractivity contribution is 7.89. The zero-order valence-corrected chi connectivity index (χ0v) is 20.2. The van der Waals surface area contributed by atoms with E-state index in [0.29, 0.717) is 29.1 Å². The lowest BCUT2D eigenvalue weighted by Gasteiger charge is -2.23. The van der Waals surface area contributed by atoms with Crippen LogP contribution in [0.25, 0.3) is 10.8 Å². The lowest BCUT2D eigenvalue weighted by atomic mass is 10.0. The molecular formula is C27H27N3O4S. The summed E-state index contributed by atoms with van der Waals surface area (Å²) in [5, 5.41) is 1.95. The van der Waals surface area contributed by atoms with Gasteiger partial charge in [-0.3, -0.25) is 4.79 Å². The van der Waals surface area contributed by atoms with Crippen LogP contribution in [0.15, 0.2) is 89.8 Å². The fraction of sp³-hybridized carbons (Fsp3) is 0.148. The average molecular weight is 490 g/mol. The van der Waals surface area contributed by atoms with Gasteiger partial charge in [-0.05, 0) is 76.9 Å². The van der Waals surface area contributed by atoms with Crippen LogP contribution in [0.3, 0.4) is 0 Å². The Morgan fingerprint density at radius 3 is 2.20 bits per heavy atom. The second kappa shape index (κ2) is 10.1. The first-order valence-corrected chi connectivity index (χ1v) is 12.5. The van der Waals surface area contributed by atoms with Gasteiger partial charge >= 0.3 is 0 Å². The van der Waals surface area contributed by atoms with E-state index in [4.69, 9.17) is 16.2 Å². The number of fused-ring (bicyclic) bond motifs is 1. The summed E-state index contributed by atoms with van der Waals surface area (Å²) < 4.78 is 33.4. The van der Waals surface area contributed by atoms with Crippen LogP contribution in [0.2, 0.25) is 0 Å². The number of nitrogen functional groups attached to an aromatic ring is 2. The molecule has 1 amide bonds. The van der Waals surface area contributed by atoms with Crippen molar-refractivity contribution in [1.82, 2.24) is 4.31 Å². The third-order valence-corrected chi connectivity index (χ3v) is 7.68. The number of methoxy groups -OCH3 is 1. The summed E-state index contributed by atoms with van der Waals surface area (Å²) in [4.78, 5) is 13.4. The van der Waals surface area contributed by atoms with E-state index in [9.17, 15) is 13.2 Å². The Balaban J connectivity index is 1.67. The third-order valence-electron chi connectivity index (χ3n) is 5.85. The topological polar surface area (TPSA) is 116 Å². The zero-order valence-electron chi connectivity index (χ0n) is 19.3. The van der Waals surface area contributed by atoms with Gasteiger partial charge in [-0.1, -0.05) is 36.4 Å². The molecule has 0 spiro atoms. The van der Waals surface area contributed by atoms with Crippen molar-refractivity contribution in [3.8, 4) is 5.75 Å². The van der Waals surface area contributed by atoms with Gasteiger partial charge in [-0.15, -0.1) is 0 Å². The van der Waals surface area contributed by atoms with Gasteiger partial charge < -0.3 is 16.2 Å². The number of nitrogens with two attached hydrogens (primary N) is 2. The second-order valence-corrected chi connectivity index (χ2v) is 10.1. The standard InChI is InChI=1S/C27H27N3O4S/c1-34-24-12-7-20-3-2-4-21(26(20)18-24)15-16-30(27(31)17-19-5-8-22(28)9-6-19)35(32,33)25-13-10-23(29)11-14-25/h2-14,18H,15-17,28-29H2,1H3. The van der Waals surface area contributed by atoms with Crippen molar-refractivity contribution in [3.63, 3.8) is 0 Å². The summed E-state index contributed by atoms with van der Waals surface area (Å²) in [7, 11) is -2.50. The number of sulfonamides is 1. The van der Waals surface area contributed by atoms with Crippen LogP contribution in [0.5, 0.6) is 5.75 Å². The molecule has 8 heteroatoms. The number of hydrogen-bond donors (Lipinski definition) is 2. The maximum absolute atomic E-state index is 13.5. The SMILES string of the molecule is COc1ccc2cccc(CCN(C(=O)Cc3ccc(N)cc3)S(=O)(=O)c3ccc(N)cc3)c2c1. The number of carbonyl (C=O) groups excluding carboxylic acids is 1. The molecule has 0 atom stereocenters. The molecule has 4 N–H and O–H groups in total. The Kier molecular flexibility index (Phi) is 6.93. The van der Waals surface area contributed by atoms with Crippen molar-refractivity contribution in [1.29, 1.82) is 0 Å². The van der Waals surface area contributed by atoms with Gasteiger partial charge in [0.1, 0.15) is 5.75 Å². The molecule has 0 aliphatic carbocycles. The van der Waals surface area contributed by atoms with Gasteiger partial charge in [0.2, 0.25) is 5.91 Å². The van der Waals surface area contributed by atoms with Crippen molar-refractivity contribution in [2.45, 2.75) is 17.7 Å². The molecule has 0 radical (unpaired) electrons. The largest absolute Gasteiger partial charge is 0.497 e. The highest BCUT2D eigenvalue weighted by atomic mass is 32.2. The Bertz CT molecular complexity index is 1450. The number of ether oxygens (including phenoxy) is 1. The highest BCUT2D eigenvalue weighted by Crippen LogP contribution is 2.26. The Labute approximate surface area is 205 Å². The normalized spacial score (nSPS) is 11.3. The van der Waals surface area contributed by atoms with Crippen molar-refractivity contribution in [2.24, 2.45) is 0 Å². The van der Waals surface area contributed by atoms with E-state index in [0.717, 1.165) is 20.6 Å². The maximum atomic E-state index is 13.5. The van der Waals surface area contributed by atoms with Crippen molar-refractivity contribution < 1.29 is 17.9 Å². The van der Waals surface area contributed by atoms with Crippen molar-refractivity contribution >= 4 is 38.1 Å². The van der Waals surface area contributed by atoms with Crippen LogP contribution in [0.4, 0.5) is 11.4 Å². The van der Waals surface area contributed by atoms with Crippen LogP contribution in [-0.4, -0.2) is 32.3 Å². The molecule has 0 bridgehead atoms. The van der Waals surface area contributed by atoms with E-state index < -0.39 is 15.9 Å². The van der Waals surface area contributed by atoms with Gasteiger partial charge in [-0.2, -0.15) is 0 Å². The van der Waals surface area contributed by atoms with E-state index in [-0.39, 0.29) is 17.9 Å². The predicted molar refractivity (Wildman–Crippen MR) is 139 cm³/mol. The molecular weight excluding hydrogens is 462 g/mol. The fourth-order valence-corrected chi connectivity index (χ4v) is 5.33. The average Bonchev–Trinajstić information content (AvgIpc) is 2.85. The lowest BCUT2D eigenvalue weighted by molar-refractivity contribution is -0.125. The molecule has 0 fully saturated rings. The van der Waals surface area contributed by atoms with Gasteiger partial charge in [-0.25, -0.2) is 12.7 Å². The van der Waals surface area contributed by atoms with Crippen LogP contribution >= 0.6 is 0 Å². The lowest BCUT2D eigenvalue weighted by Crippen LogP contribution is -2.39. The first-order valence-electron chi connectivity index (χ1n) is 11.1. The van der Waals surface area contributed by atoms with E-state index in [1.54, 1.807) is 31.4 Å². The van der Waals surface area contributed by atoms with Crippen molar-refractivity contribution in [3.05, 3.63) is 96.1 Å². The van der Waals surface area contributed by atoms with E-state index in [1.807, 2.05) is 36.4 Å².